The Kier molecular flexibility index (Phi) is 5.31. The molecule has 1 aliphatic heterocycles. The first-order valence-electron chi connectivity index (χ1n) is 9.44. The van der Waals surface area contributed by atoms with Crippen molar-refractivity contribution in [3.8, 4) is 0 Å². The molecule has 5 nitrogen and oxygen atoms in total. The zero-order valence-corrected chi connectivity index (χ0v) is 16.1. The van der Waals surface area contributed by atoms with Gasteiger partial charge in [0, 0.05) is 18.8 Å². The number of rotatable bonds is 4. The molecule has 0 radical (unpaired) electrons. The van der Waals surface area contributed by atoms with E-state index in [2.05, 4.69) is 4.98 Å². The fraction of sp³-hybridized carbons (Fsp3) is 0.409. The van der Waals surface area contributed by atoms with E-state index in [1.165, 1.54) is 0 Å². The average molecular weight is 366 g/mol. The Morgan fingerprint density at radius 2 is 1.67 bits per heavy atom. The Morgan fingerprint density at radius 1 is 1.04 bits per heavy atom. The number of hydrogen-bond acceptors (Lipinski definition) is 3. The lowest BCUT2D eigenvalue weighted by atomic mass is 9.70. The molecule has 0 bridgehead atoms. The summed E-state index contributed by atoms with van der Waals surface area (Å²) < 4.78 is 0. The van der Waals surface area contributed by atoms with Crippen molar-refractivity contribution in [2.45, 2.75) is 44.9 Å². The number of ketones is 1. The van der Waals surface area contributed by atoms with Crippen LogP contribution in [0, 0.1) is 0 Å². The maximum atomic E-state index is 12.8. The second kappa shape index (κ2) is 7.51. The average Bonchev–Trinajstić information content (AvgIpc) is 2.68. The monoisotopic (exact) mass is 366 g/mol. The molecular weight excluding hydrogens is 340 g/mol. The van der Waals surface area contributed by atoms with Crippen molar-refractivity contribution in [3.05, 3.63) is 69.6 Å². The first-order valence-corrected chi connectivity index (χ1v) is 9.44. The molecule has 1 aromatic carbocycles. The number of carbonyl (C=O) groups is 2. The predicted molar refractivity (Wildman–Crippen MR) is 105 cm³/mol. The van der Waals surface area contributed by atoms with Crippen LogP contribution in [-0.4, -0.2) is 34.7 Å². The third-order valence-electron chi connectivity index (χ3n) is 5.69. The Morgan fingerprint density at radius 3 is 2.19 bits per heavy atom. The number of likely N-dealkylation sites (tertiary alicyclic amines) is 1. The molecule has 0 atom stereocenters. The fourth-order valence-corrected chi connectivity index (χ4v) is 3.86. The van der Waals surface area contributed by atoms with Gasteiger partial charge in [0.1, 0.15) is 11.3 Å². The van der Waals surface area contributed by atoms with Crippen molar-refractivity contribution < 1.29 is 9.59 Å². The molecule has 142 valence electrons. The number of aromatic amines is 1. The van der Waals surface area contributed by atoms with E-state index in [4.69, 9.17) is 0 Å². The second-order valence-corrected chi connectivity index (χ2v) is 7.61. The highest BCUT2D eigenvalue weighted by Gasteiger charge is 2.41. The Hall–Kier alpha value is -2.69. The highest BCUT2D eigenvalue weighted by molar-refractivity contribution is 5.94. The van der Waals surface area contributed by atoms with Crippen LogP contribution in [0.1, 0.15) is 61.1 Å². The van der Waals surface area contributed by atoms with Gasteiger partial charge >= 0.3 is 0 Å². The lowest BCUT2D eigenvalue weighted by molar-refractivity contribution is -0.124. The molecule has 0 aliphatic carbocycles. The van der Waals surface area contributed by atoms with Crippen LogP contribution in [0.5, 0.6) is 0 Å². The number of hydrogen-bond donors (Lipinski definition) is 1. The van der Waals surface area contributed by atoms with Crippen LogP contribution in [0.4, 0.5) is 0 Å². The van der Waals surface area contributed by atoms with Gasteiger partial charge in [0.05, 0.1) is 5.41 Å². The second-order valence-electron chi connectivity index (χ2n) is 7.61. The third kappa shape index (κ3) is 3.59. The number of nitrogens with one attached hydrogen (secondary N) is 1. The quantitative estimate of drug-likeness (QED) is 0.903. The minimum Gasteiger partial charge on any atom is -0.338 e. The van der Waals surface area contributed by atoms with Gasteiger partial charge in [0.25, 0.3) is 11.5 Å². The molecule has 1 fully saturated rings. The number of Topliss-reactive ketones (excluding diaryl/α,β-unsaturated/α-hetero) is 1. The van der Waals surface area contributed by atoms with Crippen molar-refractivity contribution in [1.29, 1.82) is 0 Å². The lowest BCUT2D eigenvalue weighted by Crippen LogP contribution is -2.49. The summed E-state index contributed by atoms with van der Waals surface area (Å²) >= 11 is 0. The van der Waals surface area contributed by atoms with Gasteiger partial charge in [-0.2, -0.15) is 0 Å². The number of nitrogens with zero attached hydrogens (tertiary/aromatic N) is 1. The largest absolute Gasteiger partial charge is 0.338 e. The number of amides is 1. The van der Waals surface area contributed by atoms with Gasteiger partial charge in [-0.3, -0.25) is 14.4 Å². The smallest absolute Gasteiger partial charge is 0.261 e. The summed E-state index contributed by atoms with van der Waals surface area (Å²) in [5.74, 6) is 0.0515. The van der Waals surface area contributed by atoms with Crippen molar-refractivity contribution in [2.24, 2.45) is 0 Å². The standard InChI is InChI=1S/C22H26N2O3/c1-15(2)19-10-9-18(20(26)23-19)21(27)24-13-11-22(12-14-24,16(3)25)17-7-5-4-6-8-17/h4-10,15H,11-14H2,1-3H3,(H,23,26). The summed E-state index contributed by atoms with van der Waals surface area (Å²) in [6.45, 7) is 6.52. The van der Waals surface area contributed by atoms with Crippen LogP contribution in [0.3, 0.4) is 0 Å². The highest BCUT2D eigenvalue weighted by atomic mass is 16.2. The summed E-state index contributed by atoms with van der Waals surface area (Å²) in [7, 11) is 0. The van der Waals surface area contributed by atoms with E-state index in [-0.39, 0.29) is 28.7 Å². The van der Waals surface area contributed by atoms with E-state index in [1.54, 1.807) is 24.0 Å². The van der Waals surface area contributed by atoms with E-state index < -0.39 is 5.41 Å². The van der Waals surface area contributed by atoms with Crippen molar-refractivity contribution in [1.82, 2.24) is 9.88 Å². The van der Waals surface area contributed by atoms with E-state index in [0.717, 1.165) is 11.3 Å². The maximum Gasteiger partial charge on any atom is 0.261 e. The number of aromatic nitrogens is 1. The van der Waals surface area contributed by atoms with Crippen LogP contribution in [0.15, 0.2) is 47.3 Å². The molecule has 3 rings (SSSR count). The molecule has 2 aromatic rings. The summed E-state index contributed by atoms with van der Waals surface area (Å²) in [4.78, 5) is 42.1. The molecule has 1 saturated heterocycles. The summed E-state index contributed by atoms with van der Waals surface area (Å²) in [6.07, 6.45) is 1.14. The molecule has 1 aliphatic rings. The molecular formula is C22H26N2O3. The van der Waals surface area contributed by atoms with Gasteiger partial charge in [-0.1, -0.05) is 44.2 Å². The third-order valence-corrected chi connectivity index (χ3v) is 5.69. The number of benzene rings is 1. The van der Waals surface area contributed by atoms with Crippen LogP contribution < -0.4 is 5.56 Å². The number of pyridine rings is 1. The molecule has 0 unspecified atom stereocenters. The van der Waals surface area contributed by atoms with E-state index in [0.29, 0.717) is 25.9 Å². The lowest BCUT2D eigenvalue weighted by Gasteiger charge is -2.40. The molecule has 1 aromatic heterocycles. The van der Waals surface area contributed by atoms with Crippen molar-refractivity contribution >= 4 is 11.7 Å². The summed E-state index contributed by atoms with van der Waals surface area (Å²) in [5, 5.41) is 0. The zero-order chi connectivity index (χ0) is 19.6. The van der Waals surface area contributed by atoms with E-state index >= 15 is 0 Å². The Bertz CT molecular complexity index is 891. The number of H-pyrrole nitrogens is 1. The molecule has 0 spiro atoms. The first kappa shape index (κ1) is 19.1. The SMILES string of the molecule is CC(=O)C1(c2ccccc2)CCN(C(=O)c2ccc(C(C)C)[nH]c2=O)CC1. The van der Waals surface area contributed by atoms with Crippen LogP contribution in [0.2, 0.25) is 0 Å². The van der Waals surface area contributed by atoms with Gasteiger partial charge in [0.15, 0.2) is 0 Å². The molecule has 2 heterocycles. The van der Waals surface area contributed by atoms with Crippen molar-refractivity contribution in [3.63, 3.8) is 0 Å². The van der Waals surface area contributed by atoms with Gasteiger partial charge < -0.3 is 9.88 Å². The number of piperidine rings is 1. The normalized spacial score (nSPS) is 16.4. The molecule has 0 saturated carbocycles. The zero-order valence-electron chi connectivity index (χ0n) is 16.1. The Balaban J connectivity index is 1.80. The van der Waals surface area contributed by atoms with Crippen LogP contribution in [0.25, 0.3) is 0 Å². The van der Waals surface area contributed by atoms with Crippen LogP contribution in [-0.2, 0) is 10.2 Å². The van der Waals surface area contributed by atoms with Gasteiger partial charge in [-0.05, 0) is 43.4 Å². The first-order chi connectivity index (χ1) is 12.8. The topological polar surface area (TPSA) is 70.2 Å². The molecule has 27 heavy (non-hydrogen) atoms. The molecule has 1 N–H and O–H groups in total. The summed E-state index contributed by atoms with van der Waals surface area (Å²) in [5.41, 5.74) is 1.08. The minimum atomic E-state index is -0.550. The fourth-order valence-electron chi connectivity index (χ4n) is 3.86. The highest BCUT2D eigenvalue weighted by Crippen LogP contribution is 2.36. The van der Waals surface area contributed by atoms with Crippen molar-refractivity contribution in [2.75, 3.05) is 13.1 Å². The van der Waals surface area contributed by atoms with E-state index in [1.807, 2.05) is 44.2 Å². The van der Waals surface area contributed by atoms with Gasteiger partial charge in [-0.15, -0.1) is 0 Å². The van der Waals surface area contributed by atoms with Gasteiger partial charge in [-0.25, -0.2) is 0 Å². The molecule has 1 amide bonds. The number of carbonyl (C=O) groups excluding carboxylic acids is 2. The van der Waals surface area contributed by atoms with Gasteiger partial charge in [0.2, 0.25) is 0 Å². The molecule has 5 heteroatoms. The maximum absolute atomic E-state index is 12.8. The van der Waals surface area contributed by atoms with E-state index in [9.17, 15) is 14.4 Å². The summed E-state index contributed by atoms with van der Waals surface area (Å²) in [6, 6.07) is 13.2. The minimum absolute atomic E-state index is 0.125. The predicted octanol–water partition coefficient (Wildman–Crippen LogP) is 3.26. The van der Waals surface area contributed by atoms with Crippen LogP contribution >= 0.6 is 0 Å². The Labute approximate surface area is 159 Å².